The number of hydrogen-bond acceptors (Lipinski definition) is 2. The van der Waals surface area contributed by atoms with Crippen molar-refractivity contribution >= 4 is 22.6 Å². The Labute approximate surface area is 103 Å². The Morgan fingerprint density at radius 3 is 2.12 bits per heavy atom. The molecule has 0 amide bonds. The molecule has 17 heavy (non-hydrogen) atoms. The minimum absolute atomic E-state index is 0.740. The van der Waals surface area contributed by atoms with E-state index in [2.05, 4.69) is 9.97 Å². The van der Waals surface area contributed by atoms with E-state index in [1.807, 2.05) is 42.5 Å². The summed E-state index contributed by atoms with van der Waals surface area (Å²) < 4.78 is 0. The van der Waals surface area contributed by atoms with Gasteiger partial charge in [-0.1, -0.05) is 29.8 Å². The molecule has 4 rings (SSSR count). The number of aromatic nitrogens is 2. The van der Waals surface area contributed by atoms with Crippen LogP contribution in [-0.2, 0) is 0 Å². The summed E-state index contributed by atoms with van der Waals surface area (Å²) in [6, 6.07) is 13.7. The van der Waals surface area contributed by atoms with Gasteiger partial charge in [0.25, 0.3) is 0 Å². The minimum atomic E-state index is 0.740. The zero-order chi connectivity index (χ0) is 11.4. The van der Waals surface area contributed by atoms with E-state index >= 15 is 0 Å². The third kappa shape index (κ3) is 1.16. The summed E-state index contributed by atoms with van der Waals surface area (Å²) >= 11 is 5.99. The number of halogens is 1. The van der Waals surface area contributed by atoms with Crippen LogP contribution < -0.4 is 0 Å². The summed E-state index contributed by atoms with van der Waals surface area (Å²) in [4.78, 5) is 9.25. The lowest BCUT2D eigenvalue weighted by atomic mass is 9.88. The molecule has 1 aliphatic carbocycles. The van der Waals surface area contributed by atoms with Crippen molar-refractivity contribution in [1.29, 1.82) is 0 Å². The molecule has 0 saturated carbocycles. The molecule has 0 fully saturated rings. The Balaban J connectivity index is 2.05. The topological polar surface area (TPSA) is 25.8 Å². The van der Waals surface area contributed by atoms with Crippen LogP contribution in [0.2, 0.25) is 5.02 Å². The lowest BCUT2D eigenvalue weighted by Gasteiger charge is -2.21. The first-order valence-corrected chi connectivity index (χ1v) is 5.78. The predicted octanol–water partition coefficient (Wildman–Crippen LogP) is 3.93. The molecule has 1 aromatic heterocycles. The third-order valence-corrected chi connectivity index (χ3v) is 3.30. The molecule has 0 aliphatic heterocycles. The number of hydrogen-bond donors (Lipinski definition) is 0. The van der Waals surface area contributed by atoms with Gasteiger partial charge in [-0.25, -0.2) is 9.97 Å². The molecule has 0 saturated heterocycles. The van der Waals surface area contributed by atoms with Gasteiger partial charge in [-0.3, -0.25) is 0 Å². The molecule has 2 nitrogen and oxygen atoms in total. The molecular formula is C14H7ClN2. The van der Waals surface area contributed by atoms with Crippen LogP contribution in [0.5, 0.6) is 0 Å². The van der Waals surface area contributed by atoms with E-state index in [-0.39, 0.29) is 0 Å². The van der Waals surface area contributed by atoms with Crippen molar-refractivity contribution in [2.75, 3.05) is 0 Å². The maximum Gasteiger partial charge on any atom is 0.0980 e. The third-order valence-electron chi connectivity index (χ3n) is 3.06. The molecule has 1 heterocycles. The maximum absolute atomic E-state index is 5.99. The molecular weight excluding hydrogens is 232 g/mol. The molecule has 3 aromatic rings. The molecule has 0 bridgehead atoms. The highest BCUT2D eigenvalue weighted by Gasteiger charge is 2.26. The number of fused-ring (bicyclic) bond motifs is 5. The van der Waals surface area contributed by atoms with E-state index < -0.39 is 0 Å². The van der Waals surface area contributed by atoms with Crippen molar-refractivity contribution in [3.63, 3.8) is 0 Å². The van der Waals surface area contributed by atoms with Gasteiger partial charge in [-0.05, 0) is 24.3 Å². The van der Waals surface area contributed by atoms with E-state index in [0.717, 1.165) is 38.6 Å². The summed E-state index contributed by atoms with van der Waals surface area (Å²) in [5.74, 6) is 0. The number of rotatable bonds is 0. The summed E-state index contributed by atoms with van der Waals surface area (Å²) in [5, 5.41) is 0.740. The van der Waals surface area contributed by atoms with Crippen LogP contribution in [0.25, 0.3) is 33.5 Å². The van der Waals surface area contributed by atoms with Gasteiger partial charge in [-0.15, -0.1) is 0 Å². The lowest BCUT2D eigenvalue weighted by Crippen LogP contribution is -2.04. The molecule has 2 aromatic carbocycles. The van der Waals surface area contributed by atoms with Crippen molar-refractivity contribution < 1.29 is 0 Å². The average Bonchev–Trinajstić information content (AvgIpc) is 2.36. The van der Waals surface area contributed by atoms with Gasteiger partial charge in [-0.2, -0.15) is 0 Å². The summed E-state index contributed by atoms with van der Waals surface area (Å²) in [6.07, 6.45) is 0. The molecule has 0 spiro atoms. The molecule has 0 atom stereocenters. The van der Waals surface area contributed by atoms with Crippen molar-refractivity contribution in [3.05, 3.63) is 47.5 Å². The van der Waals surface area contributed by atoms with Gasteiger partial charge in [0.1, 0.15) is 0 Å². The van der Waals surface area contributed by atoms with Gasteiger partial charge in [0.2, 0.25) is 0 Å². The van der Waals surface area contributed by atoms with Gasteiger partial charge in [0, 0.05) is 16.1 Å². The Hall–Kier alpha value is -1.93. The Kier molecular flexibility index (Phi) is 1.64. The normalized spacial score (nSPS) is 11.8. The fraction of sp³-hybridized carbons (Fsp3) is 0. The average molecular weight is 239 g/mol. The van der Waals surface area contributed by atoms with Crippen LogP contribution in [-0.4, -0.2) is 9.97 Å². The van der Waals surface area contributed by atoms with E-state index in [0.29, 0.717) is 0 Å². The molecule has 1 aliphatic rings. The van der Waals surface area contributed by atoms with Crippen LogP contribution in [0.3, 0.4) is 0 Å². The van der Waals surface area contributed by atoms with E-state index in [4.69, 9.17) is 11.6 Å². The van der Waals surface area contributed by atoms with E-state index in [9.17, 15) is 0 Å². The second kappa shape index (κ2) is 3.05. The van der Waals surface area contributed by atoms with Crippen LogP contribution in [0.4, 0.5) is 0 Å². The standard InChI is InChI=1S/C14H7ClN2/c15-8-5-6-9-10(7-8)14-13(9)16-11-3-1-2-4-12(11)17-14/h1-7H. The van der Waals surface area contributed by atoms with E-state index in [1.54, 1.807) is 0 Å². The monoisotopic (exact) mass is 238 g/mol. The first-order chi connectivity index (χ1) is 8.33. The highest BCUT2D eigenvalue weighted by molar-refractivity contribution is 6.31. The quantitative estimate of drug-likeness (QED) is 0.464. The van der Waals surface area contributed by atoms with E-state index in [1.165, 1.54) is 0 Å². The fourth-order valence-electron chi connectivity index (χ4n) is 2.23. The first-order valence-electron chi connectivity index (χ1n) is 5.40. The molecule has 3 heteroatoms. The van der Waals surface area contributed by atoms with Crippen molar-refractivity contribution in [3.8, 4) is 22.5 Å². The molecule has 0 N–H and O–H groups in total. The maximum atomic E-state index is 5.99. The number of para-hydroxylation sites is 2. The van der Waals surface area contributed by atoms with Crippen molar-refractivity contribution in [2.45, 2.75) is 0 Å². The van der Waals surface area contributed by atoms with Gasteiger partial charge in [0.05, 0.1) is 22.4 Å². The highest BCUT2D eigenvalue weighted by Crippen LogP contribution is 2.45. The SMILES string of the molecule is Clc1ccc2c(c1)-c1nc3ccccc3nc1-2. The second-order valence-electron chi connectivity index (χ2n) is 4.10. The van der Waals surface area contributed by atoms with Gasteiger partial charge in [0.15, 0.2) is 0 Å². The minimum Gasteiger partial charge on any atom is -0.244 e. The largest absolute Gasteiger partial charge is 0.244 e. The summed E-state index contributed by atoms with van der Waals surface area (Å²) in [6.45, 7) is 0. The molecule has 80 valence electrons. The number of benzene rings is 2. The van der Waals surface area contributed by atoms with Crippen LogP contribution in [0.1, 0.15) is 0 Å². The molecule has 0 unspecified atom stereocenters. The zero-order valence-corrected chi connectivity index (χ0v) is 9.57. The Morgan fingerprint density at radius 2 is 1.41 bits per heavy atom. The lowest BCUT2D eigenvalue weighted by molar-refractivity contribution is 1.25. The van der Waals surface area contributed by atoms with Gasteiger partial charge >= 0.3 is 0 Å². The summed E-state index contributed by atoms with van der Waals surface area (Å²) in [7, 11) is 0. The Morgan fingerprint density at radius 1 is 0.765 bits per heavy atom. The van der Waals surface area contributed by atoms with Gasteiger partial charge < -0.3 is 0 Å². The predicted molar refractivity (Wildman–Crippen MR) is 69.0 cm³/mol. The zero-order valence-electron chi connectivity index (χ0n) is 8.81. The second-order valence-corrected chi connectivity index (χ2v) is 4.54. The molecule has 0 radical (unpaired) electrons. The number of nitrogens with zero attached hydrogens (tertiary/aromatic N) is 2. The first kappa shape index (κ1) is 9.14. The van der Waals surface area contributed by atoms with Crippen LogP contribution >= 0.6 is 11.6 Å². The smallest absolute Gasteiger partial charge is 0.0980 e. The van der Waals surface area contributed by atoms with Crippen LogP contribution in [0.15, 0.2) is 42.5 Å². The highest BCUT2D eigenvalue weighted by atomic mass is 35.5. The fourth-order valence-corrected chi connectivity index (χ4v) is 2.40. The summed E-state index contributed by atoms with van der Waals surface area (Å²) in [5.41, 5.74) is 6.05. The van der Waals surface area contributed by atoms with Crippen molar-refractivity contribution in [2.24, 2.45) is 0 Å². The Bertz CT molecular complexity index is 765. The van der Waals surface area contributed by atoms with Crippen LogP contribution in [0, 0.1) is 0 Å². The van der Waals surface area contributed by atoms with Crippen molar-refractivity contribution in [1.82, 2.24) is 9.97 Å².